The molecule has 0 saturated carbocycles. The zero-order chi connectivity index (χ0) is 12.0. The SMILES string of the molecule is Cc1ccncc1CNCCCS(N)(=O)=O. The van der Waals surface area contributed by atoms with Crippen LogP contribution in [0.5, 0.6) is 0 Å². The summed E-state index contributed by atoms with van der Waals surface area (Å²) < 4.78 is 21.3. The van der Waals surface area contributed by atoms with Crippen LogP contribution < -0.4 is 10.5 Å². The van der Waals surface area contributed by atoms with Crippen LogP contribution in [0, 0.1) is 6.92 Å². The van der Waals surface area contributed by atoms with Gasteiger partial charge >= 0.3 is 0 Å². The van der Waals surface area contributed by atoms with E-state index in [0.717, 1.165) is 5.56 Å². The minimum absolute atomic E-state index is 0.0199. The number of primary sulfonamides is 1. The van der Waals surface area contributed by atoms with Crippen LogP contribution in [0.1, 0.15) is 17.5 Å². The van der Waals surface area contributed by atoms with E-state index in [0.29, 0.717) is 19.5 Å². The Morgan fingerprint density at radius 1 is 1.50 bits per heavy atom. The summed E-state index contributed by atoms with van der Waals surface area (Å²) in [6, 6.07) is 1.95. The molecule has 0 aliphatic carbocycles. The van der Waals surface area contributed by atoms with Crippen molar-refractivity contribution in [2.45, 2.75) is 19.9 Å². The van der Waals surface area contributed by atoms with Crippen molar-refractivity contribution in [3.63, 3.8) is 0 Å². The van der Waals surface area contributed by atoms with Gasteiger partial charge in [-0.2, -0.15) is 0 Å². The third-order valence-corrected chi connectivity index (χ3v) is 3.10. The number of aryl methyl sites for hydroxylation is 1. The van der Waals surface area contributed by atoms with Gasteiger partial charge in [0, 0.05) is 18.9 Å². The molecule has 1 rings (SSSR count). The van der Waals surface area contributed by atoms with Gasteiger partial charge in [0.05, 0.1) is 5.75 Å². The first-order valence-electron chi connectivity index (χ1n) is 5.10. The summed E-state index contributed by atoms with van der Waals surface area (Å²) in [7, 11) is -3.33. The number of nitrogens with two attached hydrogens (primary N) is 1. The predicted molar refractivity (Wildman–Crippen MR) is 63.3 cm³/mol. The molecule has 0 atom stereocenters. The minimum Gasteiger partial charge on any atom is -0.313 e. The highest BCUT2D eigenvalue weighted by Gasteiger charge is 2.01. The highest BCUT2D eigenvalue weighted by Crippen LogP contribution is 2.03. The first-order valence-corrected chi connectivity index (χ1v) is 6.81. The van der Waals surface area contributed by atoms with E-state index in [1.54, 1.807) is 6.20 Å². The van der Waals surface area contributed by atoms with E-state index >= 15 is 0 Å². The molecular formula is C10H17N3O2S. The molecule has 6 heteroatoms. The van der Waals surface area contributed by atoms with E-state index in [1.807, 2.05) is 19.2 Å². The van der Waals surface area contributed by atoms with Gasteiger partial charge < -0.3 is 5.32 Å². The van der Waals surface area contributed by atoms with Crippen LogP contribution in [0.2, 0.25) is 0 Å². The van der Waals surface area contributed by atoms with Gasteiger partial charge in [0.25, 0.3) is 0 Å². The smallest absolute Gasteiger partial charge is 0.209 e. The van der Waals surface area contributed by atoms with Crippen molar-refractivity contribution < 1.29 is 8.42 Å². The summed E-state index contributed by atoms with van der Waals surface area (Å²) >= 11 is 0. The van der Waals surface area contributed by atoms with Gasteiger partial charge in [-0.25, -0.2) is 13.6 Å². The van der Waals surface area contributed by atoms with E-state index in [9.17, 15) is 8.42 Å². The van der Waals surface area contributed by atoms with E-state index in [4.69, 9.17) is 5.14 Å². The summed E-state index contributed by atoms with van der Waals surface area (Å²) in [5.74, 6) is 0.0199. The average Bonchev–Trinajstić information content (AvgIpc) is 2.18. The number of hydrogen-bond donors (Lipinski definition) is 2. The fourth-order valence-corrected chi connectivity index (χ4v) is 1.85. The molecule has 3 N–H and O–H groups in total. The highest BCUT2D eigenvalue weighted by atomic mass is 32.2. The van der Waals surface area contributed by atoms with Crippen LogP contribution in [0.15, 0.2) is 18.5 Å². The third-order valence-electron chi connectivity index (χ3n) is 2.25. The molecule has 5 nitrogen and oxygen atoms in total. The molecule has 0 saturated heterocycles. The number of nitrogens with one attached hydrogen (secondary N) is 1. The summed E-state index contributed by atoms with van der Waals surface area (Å²) in [6.07, 6.45) is 4.08. The van der Waals surface area contributed by atoms with Crippen LogP contribution >= 0.6 is 0 Å². The van der Waals surface area contributed by atoms with Crippen molar-refractivity contribution in [1.29, 1.82) is 0 Å². The Balaban J connectivity index is 2.24. The zero-order valence-corrected chi connectivity index (χ0v) is 10.1. The Labute approximate surface area is 96.1 Å². The Bertz CT molecular complexity index is 431. The number of aromatic nitrogens is 1. The lowest BCUT2D eigenvalue weighted by molar-refractivity contribution is 0.590. The Morgan fingerprint density at radius 3 is 2.88 bits per heavy atom. The Morgan fingerprint density at radius 2 is 2.25 bits per heavy atom. The molecule has 0 spiro atoms. The highest BCUT2D eigenvalue weighted by molar-refractivity contribution is 7.89. The minimum atomic E-state index is -3.33. The van der Waals surface area contributed by atoms with Crippen molar-refractivity contribution in [2.24, 2.45) is 5.14 Å². The second-order valence-corrected chi connectivity index (χ2v) is 5.43. The van der Waals surface area contributed by atoms with Crippen molar-refractivity contribution in [3.8, 4) is 0 Å². The lowest BCUT2D eigenvalue weighted by Gasteiger charge is -2.06. The first kappa shape index (κ1) is 13.1. The predicted octanol–water partition coefficient (Wildman–Crippen LogP) is 0.158. The first-order chi connectivity index (χ1) is 7.49. The number of hydrogen-bond acceptors (Lipinski definition) is 4. The van der Waals surface area contributed by atoms with Crippen molar-refractivity contribution in [1.82, 2.24) is 10.3 Å². The molecule has 16 heavy (non-hydrogen) atoms. The third kappa shape index (κ3) is 5.20. The number of pyridine rings is 1. The van der Waals surface area contributed by atoms with Crippen LogP contribution in [0.25, 0.3) is 0 Å². The van der Waals surface area contributed by atoms with Crippen LogP contribution in [0.4, 0.5) is 0 Å². The molecule has 0 aliphatic heterocycles. The van der Waals surface area contributed by atoms with Gasteiger partial charge in [0.15, 0.2) is 0 Å². The van der Waals surface area contributed by atoms with Gasteiger partial charge in [0.2, 0.25) is 10.0 Å². The summed E-state index contributed by atoms with van der Waals surface area (Å²) in [6.45, 7) is 3.35. The van der Waals surface area contributed by atoms with Crippen molar-refractivity contribution in [2.75, 3.05) is 12.3 Å². The van der Waals surface area contributed by atoms with E-state index in [1.165, 1.54) is 5.56 Å². The van der Waals surface area contributed by atoms with Gasteiger partial charge in [-0.05, 0) is 37.1 Å². The Kier molecular flexibility index (Phi) is 4.85. The maximum absolute atomic E-state index is 10.7. The van der Waals surface area contributed by atoms with E-state index in [2.05, 4.69) is 10.3 Å². The second-order valence-electron chi connectivity index (χ2n) is 3.70. The molecule has 0 radical (unpaired) electrons. The van der Waals surface area contributed by atoms with E-state index in [-0.39, 0.29) is 5.75 Å². The number of rotatable bonds is 6. The van der Waals surface area contributed by atoms with E-state index < -0.39 is 10.0 Å². The second kappa shape index (κ2) is 5.93. The monoisotopic (exact) mass is 243 g/mol. The molecule has 0 fully saturated rings. The fraction of sp³-hybridized carbons (Fsp3) is 0.500. The number of nitrogens with zero attached hydrogens (tertiary/aromatic N) is 1. The molecule has 1 aromatic heterocycles. The molecular weight excluding hydrogens is 226 g/mol. The average molecular weight is 243 g/mol. The largest absolute Gasteiger partial charge is 0.313 e. The summed E-state index contributed by atoms with van der Waals surface area (Å²) in [5.41, 5.74) is 2.30. The quantitative estimate of drug-likeness (QED) is 0.697. The van der Waals surface area contributed by atoms with Crippen LogP contribution in [-0.2, 0) is 16.6 Å². The summed E-state index contributed by atoms with van der Waals surface area (Å²) in [5, 5.41) is 8.04. The van der Waals surface area contributed by atoms with Crippen molar-refractivity contribution in [3.05, 3.63) is 29.6 Å². The standard InChI is InChI=1S/C10H17N3O2S/c1-9-3-5-13-8-10(9)7-12-4-2-6-16(11,14)15/h3,5,8,12H,2,4,6-7H2,1H3,(H2,11,14,15). The molecule has 0 aliphatic rings. The van der Waals surface area contributed by atoms with Crippen molar-refractivity contribution >= 4 is 10.0 Å². The normalized spacial score (nSPS) is 11.6. The number of sulfonamides is 1. The molecule has 0 amide bonds. The van der Waals surface area contributed by atoms with Gasteiger partial charge in [-0.3, -0.25) is 4.98 Å². The molecule has 0 bridgehead atoms. The zero-order valence-electron chi connectivity index (χ0n) is 9.31. The maximum atomic E-state index is 10.7. The van der Waals surface area contributed by atoms with Crippen LogP contribution in [-0.4, -0.2) is 25.7 Å². The lowest BCUT2D eigenvalue weighted by Crippen LogP contribution is -2.22. The molecule has 90 valence electrons. The Hall–Kier alpha value is -0.980. The lowest BCUT2D eigenvalue weighted by atomic mass is 10.1. The molecule has 0 unspecified atom stereocenters. The molecule has 1 heterocycles. The van der Waals surface area contributed by atoms with Gasteiger partial charge in [-0.15, -0.1) is 0 Å². The molecule has 0 aromatic carbocycles. The van der Waals surface area contributed by atoms with Crippen LogP contribution in [0.3, 0.4) is 0 Å². The van der Waals surface area contributed by atoms with Gasteiger partial charge in [-0.1, -0.05) is 0 Å². The fourth-order valence-electron chi connectivity index (χ4n) is 1.30. The van der Waals surface area contributed by atoms with Gasteiger partial charge in [0.1, 0.15) is 0 Å². The summed E-state index contributed by atoms with van der Waals surface area (Å²) in [4.78, 5) is 4.03. The topological polar surface area (TPSA) is 85.1 Å². The molecule has 1 aromatic rings. The maximum Gasteiger partial charge on any atom is 0.209 e.